The molecule has 2 heterocycles. The highest BCUT2D eigenvalue weighted by molar-refractivity contribution is 6.08. The fraction of sp³-hybridized carbons (Fsp3) is 0.357. The number of H-pyrrole nitrogens is 1. The zero-order valence-corrected chi connectivity index (χ0v) is 10.3. The number of piperazine rings is 1. The van der Waals surface area contributed by atoms with Crippen molar-refractivity contribution in [1.29, 1.82) is 0 Å². The lowest BCUT2D eigenvalue weighted by Gasteiger charge is -2.26. The third-order valence-corrected chi connectivity index (χ3v) is 3.47. The maximum absolute atomic E-state index is 12.3. The first-order valence-corrected chi connectivity index (χ1v) is 6.37. The Bertz CT molecular complexity index is 555. The summed E-state index contributed by atoms with van der Waals surface area (Å²) in [4.78, 5) is 17.7. The molecule has 1 aliphatic heterocycles. The van der Waals surface area contributed by atoms with E-state index in [0.717, 1.165) is 42.6 Å². The minimum atomic E-state index is 0.203. The van der Waals surface area contributed by atoms with Crippen LogP contribution in [-0.2, 0) is 0 Å². The number of nitrogens with one attached hydrogen (secondary N) is 2. The molecule has 0 aliphatic carbocycles. The summed E-state index contributed by atoms with van der Waals surface area (Å²) in [6.07, 6.45) is 1.83. The van der Waals surface area contributed by atoms with Gasteiger partial charge >= 0.3 is 0 Å². The average Bonchev–Trinajstić information content (AvgIpc) is 2.84. The van der Waals surface area contributed by atoms with Crippen molar-refractivity contribution in [1.82, 2.24) is 15.2 Å². The lowest BCUT2D eigenvalue weighted by molar-refractivity contribution is 0.0923. The third-order valence-electron chi connectivity index (χ3n) is 3.47. The maximum atomic E-state index is 12.3. The van der Waals surface area contributed by atoms with Crippen LogP contribution in [0, 0.1) is 0 Å². The number of benzene rings is 1. The van der Waals surface area contributed by atoms with E-state index >= 15 is 0 Å². The van der Waals surface area contributed by atoms with Gasteiger partial charge in [-0.3, -0.25) is 9.69 Å². The largest absolute Gasteiger partial charge is 0.360 e. The van der Waals surface area contributed by atoms with E-state index in [1.807, 2.05) is 30.5 Å². The summed E-state index contributed by atoms with van der Waals surface area (Å²) in [5, 5.41) is 4.32. The quantitative estimate of drug-likeness (QED) is 0.798. The van der Waals surface area contributed by atoms with Gasteiger partial charge in [0, 0.05) is 48.8 Å². The molecule has 0 saturated carbocycles. The SMILES string of the molecule is O=C(CN1CCNCC1)c1c[nH]c2ccccc12. The number of hydrogen-bond donors (Lipinski definition) is 2. The molecule has 0 radical (unpaired) electrons. The smallest absolute Gasteiger partial charge is 0.178 e. The summed E-state index contributed by atoms with van der Waals surface area (Å²) in [5.41, 5.74) is 1.84. The molecule has 4 nitrogen and oxygen atoms in total. The molecule has 4 heteroatoms. The number of carbonyl (C=O) groups excluding carboxylic acids is 1. The third kappa shape index (κ3) is 2.17. The molecule has 1 fully saturated rings. The Kier molecular flexibility index (Phi) is 3.13. The molecule has 1 aromatic carbocycles. The first-order valence-electron chi connectivity index (χ1n) is 6.37. The van der Waals surface area contributed by atoms with Gasteiger partial charge in [0.2, 0.25) is 0 Å². The van der Waals surface area contributed by atoms with Gasteiger partial charge in [0.25, 0.3) is 0 Å². The highest BCUT2D eigenvalue weighted by Gasteiger charge is 2.17. The maximum Gasteiger partial charge on any atom is 0.178 e. The average molecular weight is 243 g/mol. The molecule has 0 bridgehead atoms. The highest BCUT2D eigenvalue weighted by atomic mass is 16.1. The predicted octanol–water partition coefficient (Wildman–Crippen LogP) is 1.26. The van der Waals surface area contributed by atoms with Gasteiger partial charge in [0.1, 0.15) is 0 Å². The van der Waals surface area contributed by atoms with Gasteiger partial charge in [-0.2, -0.15) is 0 Å². The summed E-state index contributed by atoms with van der Waals surface area (Å²) < 4.78 is 0. The molecule has 0 atom stereocenters. The topological polar surface area (TPSA) is 48.1 Å². The number of para-hydroxylation sites is 1. The number of hydrogen-bond acceptors (Lipinski definition) is 3. The molecule has 2 aromatic rings. The first-order chi connectivity index (χ1) is 8.84. The van der Waals surface area contributed by atoms with Gasteiger partial charge in [0.15, 0.2) is 5.78 Å². The van der Waals surface area contributed by atoms with Gasteiger partial charge in [0.05, 0.1) is 6.54 Å². The predicted molar refractivity (Wildman–Crippen MR) is 71.9 cm³/mol. The lowest BCUT2D eigenvalue weighted by atomic mass is 10.1. The van der Waals surface area contributed by atoms with Crippen molar-refractivity contribution in [2.75, 3.05) is 32.7 Å². The van der Waals surface area contributed by atoms with E-state index in [1.165, 1.54) is 0 Å². The van der Waals surface area contributed by atoms with Crippen LogP contribution >= 0.6 is 0 Å². The highest BCUT2D eigenvalue weighted by Crippen LogP contribution is 2.18. The van der Waals surface area contributed by atoms with E-state index < -0.39 is 0 Å². The number of rotatable bonds is 3. The summed E-state index contributed by atoms with van der Waals surface area (Å²) in [5.74, 6) is 0.203. The van der Waals surface area contributed by atoms with Gasteiger partial charge < -0.3 is 10.3 Å². The van der Waals surface area contributed by atoms with Crippen LogP contribution in [0.25, 0.3) is 10.9 Å². The van der Waals surface area contributed by atoms with E-state index in [1.54, 1.807) is 0 Å². The van der Waals surface area contributed by atoms with Crippen LogP contribution < -0.4 is 5.32 Å². The van der Waals surface area contributed by atoms with Crippen LogP contribution in [0.15, 0.2) is 30.5 Å². The molecule has 0 amide bonds. The number of ketones is 1. The van der Waals surface area contributed by atoms with Crippen LogP contribution in [0.2, 0.25) is 0 Å². The van der Waals surface area contributed by atoms with Crippen molar-refractivity contribution < 1.29 is 4.79 Å². The van der Waals surface area contributed by atoms with E-state index in [0.29, 0.717) is 6.54 Å². The minimum absolute atomic E-state index is 0.203. The second-order valence-electron chi connectivity index (χ2n) is 4.70. The fourth-order valence-corrected chi connectivity index (χ4v) is 2.46. The lowest BCUT2D eigenvalue weighted by Crippen LogP contribution is -2.45. The van der Waals surface area contributed by atoms with Gasteiger partial charge in [-0.25, -0.2) is 0 Å². The van der Waals surface area contributed by atoms with Crippen LogP contribution in [0.3, 0.4) is 0 Å². The van der Waals surface area contributed by atoms with E-state index in [4.69, 9.17) is 0 Å². The molecular weight excluding hydrogens is 226 g/mol. The Morgan fingerprint density at radius 3 is 2.83 bits per heavy atom. The van der Waals surface area contributed by atoms with Gasteiger partial charge in [-0.05, 0) is 6.07 Å². The van der Waals surface area contributed by atoms with Gasteiger partial charge in [-0.1, -0.05) is 18.2 Å². The van der Waals surface area contributed by atoms with Crippen LogP contribution in [0.5, 0.6) is 0 Å². The van der Waals surface area contributed by atoms with Crippen molar-refractivity contribution in [2.24, 2.45) is 0 Å². The zero-order chi connectivity index (χ0) is 12.4. The summed E-state index contributed by atoms with van der Waals surface area (Å²) in [6.45, 7) is 4.37. The molecule has 2 N–H and O–H groups in total. The van der Waals surface area contributed by atoms with Crippen molar-refractivity contribution in [3.05, 3.63) is 36.0 Å². The molecule has 0 unspecified atom stereocenters. The molecule has 94 valence electrons. The molecular formula is C14H17N3O. The number of carbonyl (C=O) groups is 1. The Morgan fingerprint density at radius 2 is 2.00 bits per heavy atom. The standard InChI is InChI=1S/C14H17N3O/c18-14(10-17-7-5-15-6-8-17)12-9-16-13-4-2-1-3-11(12)13/h1-4,9,15-16H,5-8,10H2. The number of aromatic amines is 1. The first kappa shape index (κ1) is 11.4. The normalized spacial score (nSPS) is 17.1. The number of aromatic nitrogens is 1. The zero-order valence-electron chi connectivity index (χ0n) is 10.3. The Balaban J connectivity index is 1.79. The van der Waals surface area contributed by atoms with Crippen molar-refractivity contribution >= 4 is 16.7 Å². The Hall–Kier alpha value is -1.65. The van der Waals surface area contributed by atoms with Crippen molar-refractivity contribution in [3.63, 3.8) is 0 Å². The van der Waals surface area contributed by atoms with Crippen molar-refractivity contribution in [2.45, 2.75) is 0 Å². The summed E-state index contributed by atoms with van der Waals surface area (Å²) >= 11 is 0. The summed E-state index contributed by atoms with van der Waals surface area (Å²) in [6, 6.07) is 7.94. The van der Waals surface area contributed by atoms with E-state index in [9.17, 15) is 4.79 Å². The van der Waals surface area contributed by atoms with Crippen molar-refractivity contribution in [3.8, 4) is 0 Å². The molecule has 18 heavy (non-hydrogen) atoms. The van der Waals surface area contributed by atoms with Crippen LogP contribution in [-0.4, -0.2) is 48.4 Å². The molecule has 3 rings (SSSR count). The monoisotopic (exact) mass is 243 g/mol. The molecule has 1 aliphatic rings. The van der Waals surface area contributed by atoms with Crippen LogP contribution in [0.4, 0.5) is 0 Å². The molecule has 1 saturated heterocycles. The van der Waals surface area contributed by atoms with E-state index in [-0.39, 0.29) is 5.78 Å². The number of fused-ring (bicyclic) bond motifs is 1. The molecule has 1 aromatic heterocycles. The second-order valence-corrected chi connectivity index (χ2v) is 4.70. The number of nitrogens with zero attached hydrogens (tertiary/aromatic N) is 1. The summed E-state index contributed by atoms with van der Waals surface area (Å²) in [7, 11) is 0. The molecule has 0 spiro atoms. The fourth-order valence-electron chi connectivity index (χ4n) is 2.46. The Morgan fingerprint density at radius 1 is 1.22 bits per heavy atom. The number of Topliss-reactive ketones (excluding diaryl/α,β-unsaturated/α-hetero) is 1. The second kappa shape index (κ2) is 4.92. The van der Waals surface area contributed by atoms with E-state index in [2.05, 4.69) is 15.2 Å². The Labute approximate surface area is 106 Å². The van der Waals surface area contributed by atoms with Gasteiger partial charge in [-0.15, -0.1) is 0 Å². The van der Waals surface area contributed by atoms with Crippen LogP contribution in [0.1, 0.15) is 10.4 Å². The minimum Gasteiger partial charge on any atom is -0.360 e.